The molecule has 0 rings (SSSR count). The van der Waals surface area contributed by atoms with Crippen LogP contribution in [0.3, 0.4) is 0 Å². The topological polar surface area (TPSA) is 271 Å². The lowest BCUT2D eigenvalue weighted by Crippen LogP contribution is -2.06. The Morgan fingerprint density at radius 1 is 0.185 bits per heavy atom. The van der Waals surface area contributed by atoms with Crippen LogP contribution in [0.4, 0.5) is 0 Å². The van der Waals surface area contributed by atoms with E-state index in [0.29, 0.717) is 0 Å². The third-order valence-corrected chi connectivity index (χ3v) is 0.672. The average molecular weight is 434 g/mol. The van der Waals surface area contributed by atoms with Gasteiger partial charge in [-0.25, -0.2) is 10.5 Å². The summed E-state index contributed by atoms with van der Waals surface area (Å²) >= 11 is 0. The summed E-state index contributed by atoms with van der Waals surface area (Å²) < 4.78 is 0. The molecule has 0 saturated carbocycles. The Balaban J connectivity index is 2.95. The summed E-state index contributed by atoms with van der Waals surface area (Å²) in [7, 11) is 0. The van der Waals surface area contributed by atoms with Crippen LogP contribution in [0.15, 0.2) is 0 Å². The highest BCUT2D eigenvalue weighted by atomic mass is 18.0. The van der Waals surface area contributed by atoms with Crippen molar-refractivity contribution >= 4 is 0 Å². The zero-order chi connectivity index (χ0) is 19.7. The Morgan fingerprint density at radius 2 is 0.296 bits per heavy atom. The van der Waals surface area contributed by atoms with Gasteiger partial charge in [-0.05, 0) is 80.6 Å². The molecule has 27 nitrogen and oxygen atoms in total. The number of hydrogen-bond acceptors (Lipinski definition) is 27. The fourth-order valence-corrected chi connectivity index (χ4v) is 0.263. The van der Waals surface area contributed by atoms with Crippen LogP contribution in [0.5, 0.6) is 0 Å². The maximum atomic E-state index is 7.52. The van der Waals surface area contributed by atoms with Crippen LogP contribution < -0.4 is 0 Å². The van der Waals surface area contributed by atoms with Crippen molar-refractivity contribution in [2.24, 2.45) is 0 Å². The van der Waals surface area contributed by atoms with Crippen molar-refractivity contribution < 1.29 is 136 Å². The lowest BCUT2D eigenvalue weighted by Gasteiger charge is -1.99. The molecule has 0 radical (unpaired) electrons. The number of rotatable bonds is 24. The highest BCUT2D eigenvalue weighted by Crippen LogP contribution is 1.94. The van der Waals surface area contributed by atoms with E-state index in [1.165, 1.54) is 0 Å². The summed E-state index contributed by atoms with van der Waals surface area (Å²) in [5.74, 6) is 0. The summed E-state index contributed by atoms with van der Waals surface area (Å²) in [6, 6.07) is 0. The fraction of sp³-hybridized carbons (Fsp3) is 0. The molecular weight excluding hydrogens is 432 g/mol. The largest absolute Gasteiger partial charge is 0.219 e. The first-order chi connectivity index (χ1) is 13.4. The molecule has 0 atom stereocenters. The van der Waals surface area contributed by atoms with E-state index < -0.39 is 0 Å². The highest BCUT2D eigenvalue weighted by molar-refractivity contribution is 3.09. The molecule has 0 saturated heterocycles. The molecule has 0 heterocycles. The third-order valence-electron chi connectivity index (χ3n) is 0.672. The van der Waals surface area contributed by atoms with E-state index in [1.807, 2.05) is 0 Å². The van der Waals surface area contributed by atoms with Crippen LogP contribution in [0.25, 0.3) is 0 Å². The summed E-state index contributed by atoms with van der Waals surface area (Å²) in [4.78, 5) is 0. The van der Waals surface area contributed by atoms with Gasteiger partial charge in [-0.3, -0.25) is 0 Å². The molecule has 0 aromatic carbocycles. The fourth-order valence-electron chi connectivity index (χ4n) is 0.263. The monoisotopic (exact) mass is 434 g/mol. The minimum absolute atomic E-state index is 2.87. The molecule has 0 aliphatic rings. The molecule has 0 fully saturated rings. The van der Waals surface area contributed by atoms with Crippen LogP contribution >= 0.6 is 0 Å². The molecule has 0 amide bonds. The average Bonchev–Trinajstić information content (AvgIpc) is 2.68. The zero-order valence-corrected chi connectivity index (χ0v) is 11.1. The van der Waals surface area contributed by atoms with E-state index in [9.17, 15) is 0 Å². The first-order valence-electron chi connectivity index (χ1n) is 4.37. The van der Waals surface area contributed by atoms with Crippen molar-refractivity contribution in [3.05, 3.63) is 0 Å². The van der Waals surface area contributed by atoms with Gasteiger partial charge in [0.05, 0.1) is 0 Å². The zero-order valence-electron chi connectivity index (χ0n) is 11.1. The maximum Gasteiger partial charge on any atom is 0 e. The minimum Gasteiger partial charge on any atom is -0.219 e. The van der Waals surface area contributed by atoms with E-state index in [1.54, 1.807) is 0 Å². The molecule has 0 aromatic rings. The van der Waals surface area contributed by atoms with E-state index >= 15 is 0 Å². The van der Waals surface area contributed by atoms with Crippen molar-refractivity contribution in [3.8, 4) is 0 Å². The van der Waals surface area contributed by atoms with Crippen LogP contribution in [0.2, 0.25) is 0 Å². The van der Waals surface area contributed by atoms with Gasteiger partial charge in [0.25, 0.3) is 0 Å². The molecule has 0 unspecified atom stereocenters. The number of hydrogen-bond donors (Lipinski definition) is 2. The van der Waals surface area contributed by atoms with Crippen molar-refractivity contribution in [3.63, 3.8) is 0 Å². The molecular formula is H2O27. The molecule has 0 aromatic heterocycles. The quantitative estimate of drug-likeness (QED) is 0.0973. The van der Waals surface area contributed by atoms with Gasteiger partial charge < -0.3 is 0 Å². The van der Waals surface area contributed by atoms with Crippen LogP contribution in [0, 0.1) is 0 Å². The van der Waals surface area contributed by atoms with Crippen molar-refractivity contribution in [2.45, 2.75) is 0 Å². The van der Waals surface area contributed by atoms with Gasteiger partial charge in [-0.15, -0.1) is 0 Å². The molecule has 164 valence electrons. The van der Waals surface area contributed by atoms with Crippen molar-refractivity contribution in [2.75, 3.05) is 0 Å². The van der Waals surface area contributed by atoms with Gasteiger partial charge in [0, 0.05) is 45.3 Å². The third kappa shape index (κ3) is 24.9. The summed E-state index contributed by atoms with van der Waals surface area (Å²) in [5, 5.41) is 99.5. The smallest absolute Gasteiger partial charge is 0 e. The Labute approximate surface area is 138 Å². The summed E-state index contributed by atoms with van der Waals surface area (Å²) in [5.41, 5.74) is 0. The van der Waals surface area contributed by atoms with Crippen LogP contribution in [-0.4, -0.2) is 10.5 Å². The standard InChI is InChI=1S/H2O27/c1-3-5-7-9-11-13-15-17-19-21-23-25-27-26-24-22-20-18-16-14-12-10-8-6-4-2/h1-2H. The van der Waals surface area contributed by atoms with Gasteiger partial charge >= 0.3 is 0 Å². The van der Waals surface area contributed by atoms with E-state index in [4.69, 9.17) is 10.5 Å². The summed E-state index contributed by atoms with van der Waals surface area (Å²) in [6.07, 6.45) is 0. The van der Waals surface area contributed by atoms with Gasteiger partial charge in [-0.1, -0.05) is 0 Å². The first kappa shape index (κ1) is 25.9. The lowest BCUT2D eigenvalue weighted by molar-refractivity contribution is -0.902. The Morgan fingerprint density at radius 3 is 0.407 bits per heavy atom. The second-order valence-corrected chi connectivity index (χ2v) is 1.71. The predicted molar refractivity (Wildman–Crippen MR) is 32.4 cm³/mol. The van der Waals surface area contributed by atoms with Gasteiger partial charge in [0.2, 0.25) is 0 Å². The molecule has 27 heavy (non-hydrogen) atoms. The molecule has 0 aliphatic heterocycles. The molecule has 0 bridgehead atoms. The SMILES string of the molecule is OOOOOOOOOOOOOOOOOOOOOOOOOOO. The first-order valence-corrected chi connectivity index (χ1v) is 4.37. The van der Waals surface area contributed by atoms with Gasteiger partial charge in [-0.2, -0.15) is 0 Å². The van der Waals surface area contributed by atoms with Gasteiger partial charge in [0.15, 0.2) is 0 Å². The van der Waals surface area contributed by atoms with E-state index in [2.05, 4.69) is 126 Å². The van der Waals surface area contributed by atoms with E-state index in [0.717, 1.165) is 0 Å². The molecule has 0 spiro atoms. The maximum absolute atomic E-state index is 7.52. The van der Waals surface area contributed by atoms with Gasteiger partial charge in [0.1, 0.15) is 0 Å². The lowest BCUT2D eigenvalue weighted by atomic mass is 14.0. The Hall–Kier alpha value is -1.08. The Kier molecular flexibility index (Phi) is 23.9. The van der Waals surface area contributed by atoms with Crippen molar-refractivity contribution in [1.82, 2.24) is 0 Å². The highest BCUT2D eigenvalue weighted by Gasteiger charge is 2.01. The molecule has 27 heteroatoms. The molecule has 2 N–H and O–H groups in total. The summed E-state index contributed by atoms with van der Waals surface area (Å²) in [6.45, 7) is 0. The Bertz CT molecular complexity index is 208. The minimum atomic E-state index is 2.87. The normalized spacial score (nSPS) is 11.3. The van der Waals surface area contributed by atoms with E-state index in [-0.39, 0.29) is 0 Å². The second-order valence-electron chi connectivity index (χ2n) is 1.71. The molecule has 0 aliphatic carbocycles. The van der Waals surface area contributed by atoms with Crippen LogP contribution in [-0.2, 0) is 126 Å². The second kappa shape index (κ2) is 24.9. The predicted octanol–water partition coefficient (Wildman–Crippen LogP) is -1.69. The van der Waals surface area contributed by atoms with Crippen molar-refractivity contribution in [1.29, 1.82) is 0 Å². The van der Waals surface area contributed by atoms with Crippen LogP contribution in [0.1, 0.15) is 0 Å².